The normalized spacial score (nSPS) is 12.4. The van der Waals surface area contributed by atoms with Crippen LogP contribution in [0.1, 0.15) is 54.4 Å². The number of hydrogen-bond donors (Lipinski definition) is 0. The maximum Gasteiger partial charge on any atom is 0.282 e. The zero-order valence-corrected chi connectivity index (χ0v) is 22.5. The molecule has 1 atom stereocenters. The fraction of sp³-hybridized carbons (Fsp3) is 0.200. The van der Waals surface area contributed by atoms with Crippen molar-refractivity contribution in [2.24, 2.45) is 5.10 Å². The predicted octanol–water partition coefficient (Wildman–Crippen LogP) is 6.74. The average Bonchev–Trinajstić information content (AvgIpc) is 3.18. The maximum absolute atomic E-state index is 13.6. The minimum absolute atomic E-state index is 0.0582. The Morgan fingerprint density at radius 3 is 2.65 bits per heavy atom. The first-order valence-corrected chi connectivity index (χ1v) is 13.0. The van der Waals surface area contributed by atoms with Gasteiger partial charge in [0.2, 0.25) is 0 Å². The van der Waals surface area contributed by atoms with Gasteiger partial charge in [0, 0.05) is 39.1 Å². The standard InChI is InChI=1S/C30H26BrN5O/c1-4-19(2)29-34-27-14-13-23(31)15-25(27)30(37)36(29)33-17-26-20(3)35(28-12-8-7-11-24(26)28)18-22-10-6-5-9-21(22)16-32/h5-15,17,19H,4,18H2,1-3H3/t19-/m0/s1. The van der Waals surface area contributed by atoms with Crippen molar-refractivity contribution in [3.63, 3.8) is 0 Å². The van der Waals surface area contributed by atoms with Gasteiger partial charge in [-0.1, -0.05) is 66.2 Å². The molecule has 0 spiro atoms. The van der Waals surface area contributed by atoms with Gasteiger partial charge in [0.1, 0.15) is 5.82 Å². The highest BCUT2D eigenvalue weighted by molar-refractivity contribution is 9.10. The largest absolute Gasteiger partial charge is 0.340 e. The van der Waals surface area contributed by atoms with Crippen LogP contribution < -0.4 is 5.56 Å². The first-order valence-electron chi connectivity index (χ1n) is 12.2. The van der Waals surface area contributed by atoms with Gasteiger partial charge in [0.05, 0.1) is 28.8 Å². The molecule has 0 radical (unpaired) electrons. The van der Waals surface area contributed by atoms with Crippen LogP contribution in [0.25, 0.3) is 21.8 Å². The van der Waals surface area contributed by atoms with Gasteiger partial charge < -0.3 is 4.57 Å². The molecule has 2 heterocycles. The van der Waals surface area contributed by atoms with Crippen LogP contribution in [0.4, 0.5) is 0 Å². The molecule has 5 aromatic rings. The third-order valence-corrected chi connectivity index (χ3v) is 7.43. The van der Waals surface area contributed by atoms with E-state index in [0.717, 1.165) is 38.6 Å². The highest BCUT2D eigenvalue weighted by Crippen LogP contribution is 2.27. The first kappa shape index (κ1) is 24.7. The fourth-order valence-electron chi connectivity index (χ4n) is 4.66. The second kappa shape index (κ2) is 10.2. The van der Waals surface area contributed by atoms with E-state index in [1.807, 2.05) is 55.5 Å². The summed E-state index contributed by atoms with van der Waals surface area (Å²) in [7, 11) is 0. The van der Waals surface area contributed by atoms with Crippen LogP contribution in [0.15, 0.2) is 81.1 Å². The Morgan fingerprint density at radius 1 is 1.11 bits per heavy atom. The maximum atomic E-state index is 13.6. The summed E-state index contributed by atoms with van der Waals surface area (Å²) in [5, 5.41) is 15.9. The van der Waals surface area contributed by atoms with Crippen molar-refractivity contribution in [3.8, 4) is 6.07 Å². The summed E-state index contributed by atoms with van der Waals surface area (Å²) in [6.45, 7) is 6.74. The quantitative estimate of drug-likeness (QED) is 0.219. The van der Waals surface area contributed by atoms with E-state index in [-0.39, 0.29) is 11.5 Å². The molecule has 0 bridgehead atoms. The van der Waals surface area contributed by atoms with Crippen molar-refractivity contribution >= 4 is 44.0 Å². The van der Waals surface area contributed by atoms with Gasteiger partial charge >= 0.3 is 0 Å². The molecular formula is C30H26BrN5O. The Kier molecular flexibility index (Phi) is 6.77. The molecule has 0 aliphatic rings. The number of fused-ring (bicyclic) bond motifs is 2. The lowest BCUT2D eigenvalue weighted by Gasteiger charge is -2.14. The third-order valence-electron chi connectivity index (χ3n) is 6.93. The molecule has 0 aliphatic carbocycles. The molecule has 0 unspecified atom stereocenters. The molecule has 184 valence electrons. The van der Waals surface area contributed by atoms with Crippen LogP contribution in [0, 0.1) is 18.3 Å². The summed E-state index contributed by atoms with van der Waals surface area (Å²) in [4.78, 5) is 18.4. The van der Waals surface area contributed by atoms with Crippen LogP contribution in [0.5, 0.6) is 0 Å². The first-order chi connectivity index (χ1) is 17.9. The number of benzene rings is 3. The van der Waals surface area contributed by atoms with E-state index >= 15 is 0 Å². The van der Waals surface area contributed by atoms with Crippen LogP contribution in [-0.2, 0) is 6.54 Å². The van der Waals surface area contributed by atoms with Crippen molar-refractivity contribution in [2.45, 2.75) is 39.7 Å². The zero-order valence-electron chi connectivity index (χ0n) is 20.9. The van der Waals surface area contributed by atoms with Gasteiger partial charge in [-0.2, -0.15) is 15.0 Å². The van der Waals surface area contributed by atoms with Crippen molar-refractivity contribution in [2.75, 3.05) is 0 Å². The summed E-state index contributed by atoms with van der Waals surface area (Å²) in [6.07, 6.45) is 2.60. The monoisotopic (exact) mass is 551 g/mol. The molecule has 7 heteroatoms. The third kappa shape index (κ3) is 4.49. The van der Waals surface area contributed by atoms with Gasteiger partial charge in [-0.15, -0.1) is 0 Å². The Bertz CT molecular complexity index is 1770. The molecule has 2 aromatic heterocycles. The zero-order chi connectivity index (χ0) is 26.1. The minimum atomic E-state index is -0.192. The lowest BCUT2D eigenvalue weighted by Crippen LogP contribution is -2.23. The van der Waals surface area contributed by atoms with E-state index < -0.39 is 0 Å². The molecule has 0 N–H and O–H groups in total. The molecule has 0 amide bonds. The van der Waals surface area contributed by atoms with Crippen molar-refractivity contribution in [1.82, 2.24) is 14.2 Å². The Labute approximate surface area is 223 Å². The van der Waals surface area contributed by atoms with Crippen LogP contribution in [-0.4, -0.2) is 20.4 Å². The summed E-state index contributed by atoms with van der Waals surface area (Å²) in [5.41, 5.74) is 5.07. The summed E-state index contributed by atoms with van der Waals surface area (Å²) in [6, 6.07) is 23.6. The van der Waals surface area contributed by atoms with E-state index in [2.05, 4.69) is 52.5 Å². The molecule has 3 aromatic carbocycles. The Morgan fingerprint density at radius 2 is 1.86 bits per heavy atom. The topological polar surface area (TPSA) is 76.0 Å². The molecule has 0 aliphatic heterocycles. The number of rotatable bonds is 6. The molecule has 0 fully saturated rings. The number of para-hydroxylation sites is 1. The highest BCUT2D eigenvalue weighted by Gasteiger charge is 2.17. The van der Waals surface area contributed by atoms with E-state index in [9.17, 15) is 10.1 Å². The summed E-state index contributed by atoms with van der Waals surface area (Å²) in [5.74, 6) is 0.700. The van der Waals surface area contributed by atoms with Crippen LogP contribution in [0.2, 0.25) is 0 Å². The van der Waals surface area contributed by atoms with Gasteiger partial charge in [-0.25, -0.2) is 4.98 Å². The SMILES string of the molecule is CC[C@H](C)c1nc2ccc(Br)cc2c(=O)n1N=Cc1c(C)n(Cc2ccccc2C#N)c2ccccc12. The molecule has 0 saturated heterocycles. The lowest BCUT2D eigenvalue weighted by molar-refractivity contribution is 0.613. The summed E-state index contributed by atoms with van der Waals surface area (Å²) < 4.78 is 4.46. The lowest BCUT2D eigenvalue weighted by atomic mass is 10.1. The van der Waals surface area contributed by atoms with Gasteiger partial charge in [0.15, 0.2) is 0 Å². The van der Waals surface area contributed by atoms with Gasteiger partial charge in [0.25, 0.3) is 5.56 Å². The molecule has 37 heavy (non-hydrogen) atoms. The second-order valence-corrected chi connectivity index (χ2v) is 10.1. The number of nitriles is 1. The van der Waals surface area contributed by atoms with Crippen molar-refractivity contribution < 1.29 is 0 Å². The van der Waals surface area contributed by atoms with E-state index in [1.165, 1.54) is 4.68 Å². The Balaban J connectivity index is 1.68. The van der Waals surface area contributed by atoms with Crippen LogP contribution in [0.3, 0.4) is 0 Å². The van der Waals surface area contributed by atoms with Gasteiger partial charge in [-0.3, -0.25) is 4.79 Å². The predicted molar refractivity (Wildman–Crippen MR) is 152 cm³/mol. The van der Waals surface area contributed by atoms with Crippen molar-refractivity contribution in [1.29, 1.82) is 5.26 Å². The molecule has 5 rings (SSSR count). The van der Waals surface area contributed by atoms with E-state index in [4.69, 9.17) is 10.1 Å². The number of nitrogens with zero attached hydrogens (tertiary/aromatic N) is 5. The summed E-state index contributed by atoms with van der Waals surface area (Å²) >= 11 is 3.47. The fourth-order valence-corrected chi connectivity index (χ4v) is 5.02. The molecule has 6 nitrogen and oxygen atoms in total. The second-order valence-electron chi connectivity index (χ2n) is 9.17. The number of aromatic nitrogens is 3. The number of hydrogen-bond acceptors (Lipinski definition) is 4. The molecular weight excluding hydrogens is 526 g/mol. The average molecular weight is 552 g/mol. The van der Waals surface area contributed by atoms with Crippen LogP contribution >= 0.6 is 15.9 Å². The highest BCUT2D eigenvalue weighted by atomic mass is 79.9. The van der Waals surface area contributed by atoms with Gasteiger partial charge in [-0.05, 0) is 49.2 Å². The van der Waals surface area contributed by atoms with Crippen molar-refractivity contribution in [3.05, 3.63) is 110 Å². The minimum Gasteiger partial charge on any atom is -0.340 e. The smallest absolute Gasteiger partial charge is 0.282 e. The Hall–Kier alpha value is -4.02. The number of halogens is 1. The van der Waals surface area contributed by atoms with E-state index in [0.29, 0.717) is 28.8 Å². The van der Waals surface area contributed by atoms with E-state index in [1.54, 1.807) is 12.3 Å². The molecule has 0 saturated carbocycles.